The molecule has 3 fully saturated rings. The molecular formula is C21H30N2O. The summed E-state index contributed by atoms with van der Waals surface area (Å²) in [4.78, 5) is 20.4. The van der Waals surface area contributed by atoms with Crippen LogP contribution < -0.4 is 0 Å². The van der Waals surface area contributed by atoms with Crippen LogP contribution in [0.15, 0.2) is 18.2 Å². The Morgan fingerprint density at radius 2 is 1.42 bits per heavy atom. The second-order valence-corrected chi connectivity index (χ2v) is 8.02. The first kappa shape index (κ1) is 16.1. The highest BCUT2D eigenvalue weighted by atomic mass is 16.2. The lowest BCUT2D eigenvalue weighted by Crippen LogP contribution is -2.49. The quantitative estimate of drug-likeness (QED) is 0.774. The van der Waals surface area contributed by atoms with Crippen molar-refractivity contribution < 1.29 is 4.79 Å². The molecule has 0 atom stereocenters. The van der Waals surface area contributed by atoms with E-state index in [4.69, 9.17) is 4.98 Å². The fraction of sp³-hybridized carbons (Fsp3) is 0.714. The molecule has 0 saturated heterocycles. The van der Waals surface area contributed by atoms with Gasteiger partial charge in [-0.1, -0.05) is 44.6 Å². The summed E-state index contributed by atoms with van der Waals surface area (Å²) in [6, 6.07) is 6.96. The van der Waals surface area contributed by atoms with Gasteiger partial charge in [0.15, 0.2) is 0 Å². The van der Waals surface area contributed by atoms with Crippen LogP contribution in [0.5, 0.6) is 0 Å². The largest absolute Gasteiger partial charge is 0.331 e. The Morgan fingerprint density at radius 1 is 0.833 bits per heavy atom. The van der Waals surface area contributed by atoms with Gasteiger partial charge in [-0.05, 0) is 50.7 Å². The molecule has 3 saturated carbocycles. The molecule has 1 aromatic rings. The molecule has 3 aliphatic carbocycles. The van der Waals surface area contributed by atoms with Crippen molar-refractivity contribution in [3.05, 3.63) is 29.6 Å². The van der Waals surface area contributed by atoms with Gasteiger partial charge in [0.1, 0.15) is 5.69 Å². The van der Waals surface area contributed by atoms with Crippen molar-refractivity contribution in [3.63, 3.8) is 0 Å². The van der Waals surface area contributed by atoms with Crippen LogP contribution in [0.1, 0.15) is 99.2 Å². The molecule has 0 aliphatic heterocycles. The number of amides is 1. The SMILES string of the molecule is O=C(c1cccc(C2CC2)n1)N(C1CCCCC1)C1CCCCC1. The van der Waals surface area contributed by atoms with Crippen LogP contribution in [0.4, 0.5) is 0 Å². The Morgan fingerprint density at radius 3 is 1.96 bits per heavy atom. The Bertz CT molecular complexity index is 551. The summed E-state index contributed by atoms with van der Waals surface area (Å²) < 4.78 is 0. The van der Waals surface area contributed by atoms with E-state index in [1.807, 2.05) is 12.1 Å². The van der Waals surface area contributed by atoms with Crippen LogP contribution in [0.25, 0.3) is 0 Å². The summed E-state index contributed by atoms with van der Waals surface area (Å²) in [6.07, 6.45) is 15.0. The smallest absolute Gasteiger partial charge is 0.272 e. The fourth-order valence-corrected chi connectivity index (χ4v) is 4.66. The number of nitrogens with zero attached hydrogens (tertiary/aromatic N) is 2. The molecule has 4 rings (SSSR count). The molecule has 0 N–H and O–H groups in total. The molecule has 3 nitrogen and oxygen atoms in total. The van der Waals surface area contributed by atoms with E-state index in [0.717, 1.165) is 5.69 Å². The highest BCUT2D eigenvalue weighted by Crippen LogP contribution is 2.39. The number of hydrogen-bond acceptors (Lipinski definition) is 2. The van der Waals surface area contributed by atoms with Crippen molar-refractivity contribution in [3.8, 4) is 0 Å². The normalized spacial score (nSPS) is 23.2. The van der Waals surface area contributed by atoms with Crippen LogP contribution >= 0.6 is 0 Å². The molecule has 3 heteroatoms. The van der Waals surface area contributed by atoms with E-state index in [9.17, 15) is 4.79 Å². The predicted molar refractivity (Wildman–Crippen MR) is 96.1 cm³/mol. The third kappa shape index (κ3) is 3.50. The average molecular weight is 326 g/mol. The summed E-state index contributed by atoms with van der Waals surface area (Å²) in [5.41, 5.74) is 1.82. The number of carbonyl (C=O) groups is 1. The van der Waals surface area contributed by atoms with Crippen LogP contribution in [-0.4, -0.2) is 27.9 Å². The van der Waals surface area contributed by atoms with Gasteiger partial charge in [-0.15, -0.1) is 0 Å². The fourth-order valence-electron chi connectivity index (χ4n) is 4.66. The first-order valence-corrected chi connectivity index (χ1v) is 10.1. The van der Waals surface area contributed by atoms with Gasteiger partial charge in [0.05, 0.1) is 0 Å². The second-order valence-electron chi connectivity index (χ2n) is 8.02. The molecule has 24 heavy (non-hydrogen) atoms. The minimum absolute atomic E-state index is 0.205. The summed E-state index contributed by atoms with van der Waals surface area (Å²) in [7, 11) is 0. The molecule has 0 spiro atoms. The van der Waals surface area contributed by atoms with Crippen LogP contribution in [0.3, 0.4) is 0 Å². The van der Waals surface area contributed by atoms with Crippen molar-refractivity contribution >= 4 is 5.91 Å². The number of hydrogen-bond donors (Lipinski definition) is 0. The third-order valence-corrected chi connectivity index (χ3v) is 6.16. The number of aromatic nitrogens is 1. The monoisotopic (exact) mass is 326 g/mol. The Hall–Kier alpha value is -1.38. The van der Waals surface area contributed by atoms with Gasteiger partial charge in [0.25, 0.3) is 5.91 Å². The Kier molecular flexibility index (Phi) is 4.86. The van der Waals surface area contributed by atoms with Crippen molar-refractivity contribution in [1.82, 2.24) is 9.88 Å². The molecule has 0 unspecified atom stereocenters. The maximum absolute atomic E-state index is 13.4. The van der Waals surface area contributed by atoms with Crippen molar-refractivity contribution in [2.75, 3.05) is 0 Å². The average Bonchev–Trinajstić information content (AvgIpc) is 3.49. The zero-order chi connectivity index (χ0) is 16.4. The lowest BCUT2D eigenvalue weighted by atomic mass is 9.88. The predicted octanol–water partition coefficient (Wildman–Crippen LogP) is 5.07. The maximum Gasteiger partial charge on any atom is 0.272 e. The zero-order valence-electron chi connectivity index (χ0n) is 14.8. The van der Waals surface area contributed by atoms with Crippen molar-refractivity contribution in [2.24, 2.45) is 0 Å². The van der Waals surface area contributed by atoms with Gasteiger partial charge in [0, 0.05) is 23.7 Å². The minimum Gasteiger partial charge on any atom is -0.331 e. The van der Waals surface area contributed by atoms with E-state index < -0.39 is 0 Å². The van der Waals surface area contributed by atoms with Crippen LogP contribution in [0, 0.1) is 0 Å². The highest BCUT2D eigenvalue weighted by molar-refractivity contribution is 5.92. The number of carbonyl (C=O) groups excluding carboxylic acids is 1. The van der Waals surface area contributed by atoms with Crippen LogP contribution in [0.2, 0.25) is 0 Å². The summed E-state index contributed by atoms with van der Waals surface area (Å²) >= 11 is 0. The summed E-state index contributed by atoms with van der Waals surface area (Å²) in [5, 5.41) is 0. The van der Waals surface area contributed by atoms with Gasteiger partial charge in [-0.2, -0.15) is 0 Å². The molecule has 1 aromatic heterocycles. The van der Waals surface area contributed by atoms with E-state index in [1.165, 1.54) is 77.0 Å². The molecule has 0 bridgehead atoms. The van der Waals surface area contributed by atoms with E-state index in [0.29, 0.717) is 23.7 Å². The summed E-state index contributed by atoms with van der Waals surface area (Å²) in [6.45, 7) is 0. The first-order valence-electron chi connectivity index (χ1n) is 10.1. The molecule has 130 valence electrons. The highest BCUT2D eigenvalue weighted by Gasteiger charge is 2.34. The molecule has 1 amide bonds. The zero-order valence-corrected chi connectivity index (χ0v) is 14.8. The van der Waals surface area contributed by atoms with E-state index in [2.05, 4.69) is 11.0 Å². The van der Waals surface area contributed by atoms with Crippen LogP contribution in [-0.2, 0) is 0 Å². The molecule has 0 radical (unpaired) electrons. The van der Waals surface area contributed by atoms with E-state index in [1.54, 1.807) is 0 Å². The van der Waals surface area contributed by atoms with Crippen molar-refractivity contribution in [2.45, 2.75) is 95.1 Å². The van der Waals surface area contributed by atoms with E-state index >= 15 is 0 Å². The van der Waals surface area contributed by atoms with Gasteiger partial charge in [-0.25, -0.2) is 4.98 Å². The van der Waals surface area contributed by atoms with Gasteiger partial charge >= 0.3 is 0 Å². The van der Waals surface area contributed by atoms with E-state index in [-0.39, 0.29) is 5.91 Å². The van der Waals surface area contributed by atoms with Gasteiger partial charge in [0.2, 0.25) is 0 Å². The van der Waals surface area contributed by atoms with Crippen molar-refractivity contribution in [1.29, 1.82) is 0 Å². The lowest BCUT2D eigenvalue weighted by Gasteiger charge is -2.41. The standard InChI is InChI=1S/C21H30N2O/c24-21(20-13-7-12-19(22-20)16-14-15-16)23(17-8-3-1-4-9-17)18-10-5-2-6-11-18/h7,12-13,16-18H,1-6,8-11,14-15H2. The second kappa shape index (κ2) is 7.25. The molecular weight excluding hydrogens is 296 g/mol. The van der Waals surface area contributed by atoms with Gasteiger partial charge in [-0.3, -0.25) is 4.79 Å². The maximum atomic E-state index is 13.4. The third-order valence-electron chi connectivity index (χ3n) is 6.16. The summed E-state index contributed by atoms with van der Waals surface area (Å²) in [5.74, 6) is 0.812. The minimum atomic E-state index is 0.205. The molecule has 0 aromatic carbocycles. The number of pyridine rings is 1. The lowest BCUT2D eigenvalue weighted by molar-refractivity contribution is 0.0442. The Balaban J connectivity index is 1.58. The topological polar surface area (TPSA) is 33.2 Å². The Labute approximate surface area is 145 Å². The number of rotatable bonds is 4. The first-order chi connectivity index (χ1) is 11.8. The van der Waals surface area contributed by atoms with Gasteiger partial charge < -0.3 is 4.90 Å². The molecule has 1 heterocycles. The molecule has 3 aliphatic rings.